The second-order valence-corrected chi connectivity index (χ2v) is 7.88. The number of aromatic nitrogens is 4. The molecular weight excluding hydrogens is 445 g/mol. The highest BCUT2D eigenvalue weighted by atomic mass is 19.4. The average Bonchev–Trinajstić information content (AvgIpc) is 3.31. The van der Waals surface area contributed by atoms with Crippen LogP contribution in [0.2, 0.25) is 0 Å². The van der Waals surface area contributed by atoms with E-state index in [2.05, 4.69) is 15.2 Å². The van der Waals surface area contributed by atoms with Crippen LogP contribution in [-0.4, -0.2) is 19.9 Å². The molecule has 0 fully saturated rings. The maximum absolute atomic E-state index is 13.2. The Morgan fingerprint density at radius 2 is 1.65 bits per heavy atom. The predicted molar refractivity (Wildman–Crippen MR) is 121 cm³/mol. The summed E-state index contributed by atoms with van der Waals surface area (Å²) in [6.07, 6.45) is -4.50. The van der Waals surface area contributed by atoms with Crippen LogP contribution in [0.1, 0.15) is 16.7 Å². The van der Waals surface area contributed by atoms with Crippen LogP contribution in [0.5, 0.6) is 0 Å². The van der Waals surface area contributed by atoms with Crippen molar-refractivity contribution in [2.45, 2.75) is 20.0 Å². The van der Waals surface area contributed by atoms with Crippen molar-refractivity contribution in [3.8, 4) is 28.7 Å². The maximum Gasteiger partial charge on any atom is 0.416 e. The second kappa shape index (κ2) is 7.95. The molecule has 0 saturated heterocycles. The van der Waals surface area contributed by atoms with Gasteiger partial charge in [0.2, 0.25) is 5.82 Å². The van der Waals surface area contributed by atoms with E-state index in [9.17, 15) is 18.0 Å². The fourth-order valence-corrected chi connectivity index (χ4v) is 3.65. The predicted octanol–water partition coefficient (Wildman–Crippen LogP) is 5.74. The van der Waals surface area contributed by atoms with Gasteiger partial charge < -0.3 is 4.52 Å². The molecule has 6 nitrogen and oxygen atoms in total. The normalized spacial score (nSPS) is 11.8. The van der Waals surface area contributed by atoms with Crippen molar-refractivity contribution in [1.29, 1.82) is 0 Å². The summed E-state index contributed by atoms with van der Waals surface area (Å²) >= 11 is 0. The Labute approximate surface area is 191 Å². The third-order valence-corrected chi connectivity index (χ3v) is 5.62. The first-order valence-electron chi connectivity index (χ1n) is 10.3. The van der Waals surface area contributed by atoms with E-state index in [4.69, 9.17) is 4.52 Å². The molecule has 3 aromatic carbocycles. The fourth-order valence-electron chi connectivity index (χ4n) is 3.65. The van der Waals surface area contributed by atoms with Gasteiger partial charge in [0.25, 0.3) is 11.4 Å². The molecule has 2 heterocycles. The molecule has 0 atom stereocenters. The third-order valence-electron chi connectivity index (χ3n) is 5.62. The van der Waals surface area contributed by atoms with Gasteiger partial charge in [0.05, 0.1) is 16.6 Å². The van der Waals surface area contributed by atoms with Gasteiger partial charge in [0.1, 0.15) is 0 Å². The Bertz CT molecular complexity index is 1600. The number of alkyl halides is 3. The van der Waals surface area contributed by atoms with Crippen LogP contribution in [0.15, 0.2) is 76.0 Å². The van der Waals surface area contributed by atoms with Crippen molar-refractivity contribution >= 4 is 10.8 Å². The molecule has 0 saturated carbocycles. The fraction of sp³-hybridized carbons (Fsp3) is 0.120. The average molecular weight is 462 g/mol. The topological polar surface area (TPSA) is 73.8 Å². The highest BCUT2D eigenvalue weighted by molar-refractivity contribution is 5.92. The first kappa shape index (κ1) is 21.6. The highest BCUT2D eigenvalue weighted by Crippen LogP contribution is 2.32. The van der Waals surface area contributed by atoms with Crippen molar-refractivity contribution in [1.82, 2.24) is 19.9 Å². The number of fused-ring (bicyclic) bond motifs is 1. The summed E-state index contributed by atoms with van der Waals surface area (Å²) in [6, 6.07) is 17.1. The molecule has 34 heavy (non-hydrogen) atoms. The lowest BCUT2D eigenvalue weighted by atomic mass is 10.1. The molecule has 0 bridgehead atoms. The summed E-state index contributed by atoms with van der Waals surface area (Å²) in [6.45, 7) is 3.90. The van der Waals surface area contributed by atoms with Gasteiger partial charge in [-0.3, -0.25) is 4.79 Å². The first-order valence-corrected chi connectivity index (χ1v) is 10.3. The number of nitrogens with zero attached hydrogens (tertiary/aromatic N) is 4. The van der Waals surface area contributed by atoms with E-state index in [1.807, 2.05) is 26.0 Å². The van der Waals surface area contributed by atoms with E-state index in [1.54, 1.807) is 30.3 Å². The minimum Gasteiger partial charge on any atom is -0.332 e. The van der Waals surface area contributed by atoms with Crippen molar-refractivity contribution < 1.29 is 17.7 Å². The Morgan fingerprint density at radius 1 is 0.882 bits per heavy atom. The minimum atomic E-state index is -4.50. The molecular formula is C25H17F3N4O2. The number of benzene rings is 3. The molecule has 0 aliphatic heterocycles. The zero-order valence-corrected chi connectivity index (χ0v) is 18.1. The lowest BCUT2D eigenvalue weighted by Gasteiger charge is -2.10. The van der Waals surface area contributed by atoms with E-state index in [0.29, 0.717) is 16.5 Å². The van der Waals surface area contributed by atoms with Crippen LogP contribution < -0.4 is 5.56 Å². The van der Waals surface area contributed by atoms with Gasteiger partial charge in [0.15, 0.2) is 5.69 Å². The summed E-state index contributed by atoms with van der Waals surface area (Å²) in [5.74, 6) is -0.0305. The van der Waals surface area contributed by atoms with E-state index >= 15 is 0 Å². The van der Waals surface area contributed by atoms with E-state index in [1.165, 1.54) is 16.8 Å². The number of halogens is 3. The van der Waals surface area contributed by atoms with Gasteiger partial charge in [-0.15, -0.1) is 0 Å². The lowest BCUT2D eigenvalue weighted by Crippen LogP contribution is -2.22. The third kappa shape index (κ3) is 3.75. The number of hydrogen-bond donors (Lipinski definition) is 0. The first-order chi connectivity index (χ1) is 16.2. The summed E-state index contributed by atoms with van der Waals surface area (Å²) in [7, 11) is 0. The Balaban J connectivity index is 1.68. The van der Waals surface area contributed by atoms with Gasteiger partial charge in [0, 0.05) is 10.9 Å². The van der Waals surface area contributed by atoms with Crippen molar-refractivity contribution in [3.63, 3.8) is 0 Å². The van der Waals surface area contributed by atoms with Crippen LogP contribution in [0.3, 0.4) is 0 Å². The second-order valence-electron chi connectivity index (χ2n) is 7.88. The molecule has 0 unspecified atom stereocenters. The van der Waals surface area contributed by atoms with Gasteiger partial charge in [-0.1, -0.05) is 41.6 Å². The number of aryl methyl sites for hydroxylation is 2. The van der Waals surface area contributed by atoms with E-state index in [-0.39, 0.29) is 28.5 Å². The van der Waals surface area contributed by atoms with Crippen LogP contribution in [0, 0.1) is 13.8 Å². The number of hydrogen-bond acceptors (Lipinski definition) is 5. The SMILES string of the molecule is Cc1ccc(-n2nc(-c3nc(-c4cccc(C(F)(F)F)c4)no3)c3ccccc3c2=O)cc1C. The van der Waals surface area contributed by atoms with Gasteiger partial charge in [-0.05, 0) is 55.3 Å². The van der Waals surface area contributed by atoms with Gasteiger partial charge >= 0.3 is 6.18 Å². The van der Waals surface area contributed by atoms with Crippen molar-refractivity contribution in [2.24, 2.45) is 0 Å². The molecule has 0 spiro atoms. The van der Waals surface area contributed by atoms with Crippen LogP contribution in [-0.2, 0) is 6.18 Å². The van der Waals surface area contributed by atoms with Gasteiger partial charge in [-0.25, -0.2) is 0 Å². The number of rotatable bonds is 3. The maximum atomic E-state index is 13.2. The zero-order valence-electron chi connectivity index (χ0n) is 18.1. The molecule has 0 amide bonds. The Kier molecular flexibility index (Phi) is 5.04. The summed E-state index contributed by atoms with van der Waals surface area (Å²) < 4.78 is 46.0. The summed E-state index contributed by atoms with van der Waals surface area (Å²) in [4.78, 5) is 17.5. The Hall–Kier alpha value is -4.27. The molecule has 2 aromatic heterocycles. The molecule has 0 aliphatic rings. The quantitative estimate of drug-likeness (QED) is 0.342. The van der Waals surface area contributed by atoms with Crippen LogP contribution in [0.4, 0.5) is 13.2 Å². The van der Waals surface area contributed by atoms with E-state index < -0.39 is 11.7 Å². The van der Waals surface area contributed by atoms with Crippen molar-refractivity contribution in [2.75, 3.05) is 0 Å². The van der Waals surface area contributed by atoms with Crippen LogP contribution >= 0.6 is 0 Å². The lowest BCUT2D eigenvalue weighted by molar-refractivity contribution is -0.137. The smallest absolute Gasteiger partial charge is 0.332 e. The standard InChI is InChI=1S/C25H17F3N4O2/c1-14-10-11-18(12-15(14)2)32-24(33)20-9-4-3-8-19(20)21(30-32)23-29-22(31-34-23)16-6-5-7-17(13-16)25(26,27)28/h3-13H,1-2H3. The molecule has 0 aliphatic carbocycles. The molecule has 5 aromatic rings. The zero-order chi connectivity index (χ0) is 24.0. The van der Waals surface area contributed by atoms with Crippen molar-refractivity contribution in [3.05, 3.63) is 93.8 Å². The van der Waals surface area contributed by atoms with E-state index in [0.717, 1.165) is 23.3 Å². The monoisotopic (exact) mass is 462 g/mol. The summed E-state index contributed by atoms with van der Waals surface area (Å²) in [5.41, 5.74) is 1.89. The summed E-state index contributed by atoms with van der Waals surface area (Å²) in [5, 5.41) is 9.25. The van der Waals surface area contributed by atoms with Gasteiger partial charge in [-0.2, -0.15) is 27.9 Å². The molecule has 9 heteroatoms. The van der Waals surface area contributed by atoms with Crippen LogP contribution in [0.25, 0.3) is 39.4 Å². The molecule has 0 radical (unpaired) electrons. The molecule has 0 N–H and O–H groups in total. The molecule has 5 rings (SSSR count). The molecule has 170 valence electrons. The Morgan fingerprint density at radius 3 is 2.38 bits per heavy atom. The largest absolute Gasteiger partial charge is 0.416 e. The minimum absolute atomic E-state index is 0.0128. The highest BCUT2D eigenvalue weighted by Gasteiger charge is 2.31.